The van der Waals surface area contributed by atoms with Crippen LogP contribution in [0.25, 0.3) is 0 Å². The number of carbonyl (C=O) groups excluding carboxylic acids is 1. The Morgan fingerprint density at radius 3 is 2.55 bits per heavy atom. The summed E-state index contributed by atoms with van der Waals surface area (Å²) in [5.41, 5.74) is 1.22. The molecule has 4 aliphatic carbocycles. The normalized spacial score (nSPS) is 42.4. The van der Waals surface area contributed by atoms with Crippen molar-refractivity contribution in [3.8, 4) is 0 Å². The lowest BCUT2D eigenvalue weighted by Gasteiger charge is -2.58. The molecule has 0 unspecified atom stereocenters. The zero-order valence-electron chi connectivity index (χ0n) is 21.9. The summed E-state index contributed by atoms with van der Waals surface area (Å²) < 4.78 is 5.59. The Bertz CT molecular complexity index is 766. The van der Waals surface area contributed by atoms with Crippen LogP contribution < -0.4 is 0 Å². The van der Waals surface area contributed by atoms with Gasteiger partial charge in [-0.25, -0.2) is 0 Å². The molecule has 4 nitrogen and oxygen atoms in total. The first-order chi connectivity index (χ1) is 15.4. The number of rotatable bonds is 6. The number of esters is 1. The van der Waals surface area contributed by atoms with Crippen LogP contribution in [0.1, 0.15) is 106 Å². The van der Waals surface area contributed by atoms with Gasteiger partial charge in [0.25, 0.3) is 0 Å². The lowest BCUT2D eigenvalue weighted by Crippen LogP contribution is -2.51. The maximum absolute atomic E-state index is 11.5. The molecule has 4 rings (SSSR count). The molecule has 0 amide bonds. The van der Waals surface area contributed by atoms with Crippen molar-refractivity contribution >= 4 is 5.97 Å². The van der Waals surface area contributed by atoms with Gasteiger partial charge < -0.3 is 14.9 Å². The highest BCUT2D eigenvalue weighted by molar-refractivity contribution is 5.66. The van der Waals surface area contributed by atoms with Gasteiger partial charge in [-0.3, -0.25) is 4.79 Å². The van der Waals surface area contributed by atoms with Gasteiger partial charge in [-0.05, 0) is 112 Å². The summed E-state index contributed by atoms with van der Waals surface area (Å²) in [6, 6.07) is 0. The Balaban J connectivity index is 1.46. The van der Waals surface area contributed by atoms with Gasteiger partial charge in [0.2, 0.25) is 0 Å². The summed E-state index contributed by atoms with van der Waals surface area (Å²) in [5.74, 6) is 3.49. The van der Waals surface area contributed by atoms with E-state index in [1.54, 1.807) is 19.4 Å². The van der Waals surface area contributed by atoms with Crippen LogP contribution in [0.5, 0.6) is 0 Å². The summed E-state index contributed by atoms with van der Waals surface area (Å²) in [4.78, 5) is 11.5. The lowest BCUT2D eigenvalue weighted by atomic mass is 9.47. The molecular formula is C29H48O4. The molecule has 188 valence electrons. The number of hydrogen-bond donors (Lipinski definition) is 2. The van der Waals surface area contributed by atoms with Crippen molar-refractivity contribution in [2.24, 2.45) is 40.4 Å². The minimum Gasteiger partial charge on any atom is -0.462 e. The number of fused-ring (bicyclic) bond motifs is 5. The van der Waals surface area contributed by atoms with Crippen molar-refractivity contribution in [1.82, 2.24) is 0 Å². The van der Waals surface area contributed by atoms with Crippen LogP contribution >= 0.6 is 0 Å². The highest BCUT2D eigenvalue weighted by Crippen LogP contribution is 2.67. The van der Waals surface area contributed by atoms with Gasteiger partial charge in [-0.2, -0.15) is 0 Å². The topological polar surface area (TPSA) is 66.8 Å². The Labute approximate surface area is 201 Å². The molecule has 0 aliphatic heterocycles. The Morgan fingerprint density at radius 1 is 1.15 bits per heavy atom. The number of ether oxygens (including phenoxy) is 1. The number of aliphatic hydroxyl groups is 2. The molecule has 0 heterocycles. The fourth-order valence-corrected chi connectivity index (χ4v) is 8.91. The van der Waals surface area contributed by atoms with Crippen molar-refractivity contribution in [3.63, 3.8) is 0 Å². The summed E-state index contributed by atoms with van der Waals surface area (Å²) in [6.07, 6.45) is 13.2. The molecule has 0 aromatic heterocycles. The molecule has 33 heavy (non-hydrogen) atoms. The van der Waals surface area contributed by atoms with E-state index in [4.69, 9.17) is 4.74 Å². The van der Waals surface area contributed by atoms with Crippen LogP contribution in [0.15, 0.2) is 11.6 Å². The number of allylic oxidation sites excluding steroid dienone is 1. The molecule has 0 aromatic carbocycles. The molecule has 2 N–H and O–H groups in total. The first kappa shape index (κ1) is 25.2. The highest BCUT2D eigenvalue weighted by atomic mass is 16.5. The molecular weight excluding hydrogens is 412 g/mol. The van der Waals surface area contributed by atoms with E-state index >= 15 is 0 Å². The van der Waals surface area contributed by atoms with E-state index in [-0.39, 0.29) is 17.5 Å². The first-order valence-electron chi connectivity index (χ1n) is 13.6. The Morgan fingerprint density at radius 2 is 1.88 bits per heavy atom. The predicted octanol–water partition coefficient (Wildman–Crippen LogP) is 6.05. The number of hydrogen-bond acceptors (Lipinski definition) is 4. The average molecular weight is 461 g/mol. The molecule has 0 radical (unpaired) electrons. The third-order valence-corrected chi connectivity index (χ3v) is 10.9. The SMILES string of the molecule is CC(=O)O[C@H]1CC[C@@]2(C)C(=CC[C@H]3[C@@H]4CC[C@H]([C@H](C)CC[C@H](O)C(C)(C)O)[C@@]4(C)CC[C@@H]32)C1. The molecule has 3 fully saturated rings. The zero-order valence-corrected chi connectivity index (χ0v) is 21.9. The van der Waals surface area contributed by atoms with Gasteiger partial charge in [0.1, 0.15) is 6.10 Å². The van der Waals surface area contributed by atoms with Crippen LogP contribution in [-0.4, -0.2) is 34.0 Å². The predicted molar refractivity (Wildman–Crippen MR) is 131 cm³/mol. The fraction of sp³-hybridized carbons (Fsp3) is 0.897. The van der Waals surface area contributed by atoms with Gasteiger partial charge in [0.15, 0.2) is 0 Å². The van der Waals surface area contributed by atoms with Gasteiger partial charge in [-0.1, -0.05) is 32.4 Å². The van der Waals surface area contributed by atoms with E-state index < -0.39 is 11.7 Å². The maximum atomic E-state index is 11.5. The number of carbonyl (C=O) groups is 1. The lowest BCUT2D eigenvalue weighted by molar-refractivity contribution is -0.148. The van der Waals surface area contributed by atoms with E-state index in [0.717, 1.165) is 49.4 Å². The first-order valence-corrected chi connectivity index (χ1v) is 13.6. The largest absolute Gasteiger partial charge is 0.462 e. The molecule has 4 heteroatoms. The molecule has 0 spiro atoms. The van der Waals surface area contributed by atoms with E-state index in [1.165, 1.54) is 39.0 Å². The van der Waals surface area contributed by atoms with E-state index in [2.05, 4.69) is 26.8 Å². The van der Waals surface area contributed by atoms with Crippen molar-refractivity contribution in [1.29, 1.82) is 0 Å². The third kappa shape index (κ3) is 4.56. The van der Waals surface area contributed by atoms with Crippen molar-refractivity contribution in [3.05, 3.63) is 11.6 Å². The van der Waals surface area contributed by atoms with Crippen molar-refractivity contribution < 1.29 is 19.7 Å². The second-order valence-corrected chi connectivity index (χ2v) is 13.2. The summed E-state index contributed by atoms with van der Waals surface area (Å²) >= 11 is 0. The average Bonchev–Trinajstić information content (AvgIpc) is 3.08. The fourth-order valence-electron chi connectivity index (χ4n) is 8.91. The highest BCUT2D eigenvalue weighted by Gasteiger charge is 2.59. The van der Waals surface area contributed by atoms with Crippen LogP contribution in [-0.2, 0) is 9.53 Å². The van der Waals surface area contributed by atoms with Crippen molar-refractivity contribution in [2.75, 3.05) is 0 Å². The molecule has 4 aliphatic rings. The summed E-state index contributed by atoms with van der Waals surface area (Å²) in [5, 5.41) is 20.5. The van der Waals surface area contributed by atoms with E-state index in [9.17, 15) is 15.0 Å². The summed E-state index contributed by atoms with van der Waals surface area (Å²) in [7, 11) is 0. The van der Waals surface area contributed by atoms with Gasteiger partial charge in [0, 0.05) is 13.3 Å². The summed E-state index contributed by atoms with van der Waals surface area (Å²) in [6.45, 7) is 12.4. The Hall–Kier alpha value is -0.870. The molecule has 3 saturated carbocycles. The second kappa shape index (κ2) is 8.97. The smallest absolute Gasteiger partial charge is 0.302 e. The molecule has 0 aromatic rings. The minimum absolute atomic E-state index is 0.0724. The van der Waals surface area contributed by atoms with Gasteiger partial charge in [-0.15, -0.1) is 0 Å². The molecule has 0 bridgehead atoms. The van der Waals surface area contributed by atoms with Crippen LogP contribution in [0.4, 0.5) is 0 Å². The van der Waals surface area contributed by atoms with Gasteiger partial charge in [0.05, 0.1) is 11.7 Å². The third-order valence-electron chi connectivity index (χ3n) is 10.9. The van der Waals surface area contributed by atoms with Crippen LogP contribution in [0.3, 0.4) is 0 Å². The van der Waals surface area contributed by atoms with Gasteiger partial charge >= 0.3 is 5.97 Å². The standard InChI is InChI=1S/C29H48O4/c1-18(7-12-26(31)27(3,4)32)23-10-11-24-22-9-8-20-17-21(33-19(2)30)13-15-28(20,5)25(22)14-16-29(23,24)6/h8,18,21-26,31-32H,7,9-17H2,1-6H3/t18-,21+,22+,23-,24+,25+,26+,28+,29-/m1/s1. The van der Waals surface area contributed by atoms with Crippen LogP contribution in [0, 0.1) is 40.4 Å². The van der Waals surface area contributed by atoms with Crippen molar-refractivity contribution in [2.45, 2.75) is 124 Å². The van der Waals surface area contributed by atoms with E-state index in [0.29, 0.717) is 17.8 Å². The monoisotopic (exact) mass is 460 g/mol. The Kier molecular flexibility index (Phi) is 6.86. The number of aliphatic hydroxyl groups excluding tert-OH is 1. The van der Waals surface area contributed by atoms with Crippen LogP contribution in [0.2, 0.25) is 0 Å². The maximum Gasteiger partial charge on any atom is 0.302 e. The molecule has 0 saturated heterocycles. The van der Waals surface area contributed by atoms with E-state index in [1.807, 2.05) is 0 Å². The quantitative estimate of drug-likeness (QED) is 0.374. The second-order valence-electron chi connectivity index (χ2n) is 13.2. The zero-order chi connectivity index (χ0) is 24.2. The minimum atomic E-state index is -1.02. The molecule has 9 atom stereocenters.